The van der Waals surface area contributed by atoms with Crippen molar-refractivity contribution < 1.29 is 14.4 Å². The second kappa shape index (κ2) is 8.73. The number of rotatable bonds is 8. The highest BCUT2D eigenvalue weighted by Gasteiger charge is 2.32. The summed E-state index contributed by atoms with van der Waals surface area (Å²) in [7, 11) is -3.19. The lowest BCUT2D eigenvalue weighted by Gasteiger charge is -2.21. The Morgan fingerprint density at radius 2 is 1.89 bits per heavy atom. The lowest BCUT2D eigenvalue weighted by molar-refractivity contribution is 0.0954. The van der Waals surface area contributed by atoms with Gasteiger partial charge >= 0.3 is 8.56 Å². The monoisotopic (exact) mass is 396 g/mol. The summed E-state index contributed by atoms with van der Waals surface area (Å²) in [6.07, 6.45) is 3.31. The summed E-state index contributed by atoms with van der Waals surface area (Å²) in [6, 6.07) is 15.9. The number of carbonyl (C=O) groups is 1. The molecule has 0 fully saturated rings. The minimum absolute atomic E-state index is 0.108. The number of hydrogen-bond acceptors (Lipinski definition) is 3. The molecule has 0 saturated heterocycles. The number of benzene rings is 2. The van der Waals surface area contributed by atoms with Crippen molar-refractivity contribution in [2.45, 2.75) is 38.3 Å². The van der Waals surface area contributed by atoms with Crippen LogP contribution in [0.5, 0.6) is 0 Å². The van der Waals surface area contributed by atoms with Gasteiger partial charge in [0.2, 0.25) is 0 Å². The van der Waals surface area contributed by atoms with Crippen LogP contribution in [0.2, 0.25) is 11.6 Å². The van der Waals surface area contributed by atoms with Crippen molar-refractivity contribution in [2.75, 3.05) is 6.54 Å². The van der Waals surface area contributed by atoms with Crippen molar-refractivity contribution in [1.29, 1.82) is 0 Å². The Balaban J connectivity index is 1.56. The van der Waals surface area contributed by atoms with E-state index in [0.29, 0.717) is 24.6 Å². The zero-order valence-corrected chi connectivity index (χ0v) is 17.4. The molecule has 0 saturated carbocycles. The first-order chi connectivity index (χ1) is 13.4. The Labute approximate surface area is 166 Å². The van der Waals surface area contributed by atoms with E-state index in [1.54, 1.807) is 6.07 Å². The molecule has 4 N–H and O–H groups in total. The van der Waals surface area contributed by atoms with E-state index in [1.807, 2.05) is 56.4 Å². The van der Waals surface area contributed by atoms with Crippen LogP contribution in [0, 0.1) is 0 Å². The average Bonchev–Trinajstić information content (AvgIpc) is 3.10. The summed E-state index contributed by atoms with van der Waals surface area (Å²) >= 11 is 0. The summed E-state index contributed by atoms with van der Waals surface area (Å²) in [6.45, 7) is 4.23. The third-order valence-electron chi connectivity index (χ3n) is 5.25. The number of carbonyl (C=O) groups excluding carboxylic acids is 1. The number of hydrogen-bond donors (Lipinski definition) is 4. The molecule has 28 heavy (non-hydrogen) atoms. The molecule has 1 aromatic heterocycles. The summed E-state index contributed by atoms with van der Waals surface area (Å²) in [5.74, 6) is -0.109. The van der Waals surface area contributed by atoms with Gasteiger partial charge in [0.1, 0.15) is 0 Å². The Morgan fingerprint density at radius 1 is 1.11 bits per heavy atom. The van der Waals surface area contributed by atoms with E-state index in [0.717, 1.165) is 17.5 Å². The molecule has 0 aliphatic rings. The summed E-state index contributed by atoms with van der Waals surface area (Å²) in [5, 5.41) is 4.16. The largest absolute Gasteiger partial charge is 0.410 e. The third-order valence-corrected chi connectivity index (χ3v) is 8.09. The van der Waals surface area contributed by atoms with Gasteiger partial charge in [0.25, 0.3) is 5.91 Å². The second-order valence-electron chi connectivity index (χ2n) is 7.60. The molecule has 1 heterocycles. The molecule has 0 aliphatic heterocycles. The molecule has 6 heteroatoms. The maximum Gasteiger partial charge on any atom is 0.335 e. The normalized spacial score (nSPS) is 11.9. The Kier molecular flexibility index (Phi) is 6.34. The van der Waals surface area contributed by atoms with Gasteiger partial charge in [-0.05, 0) is 53.8 Å². The fourth-order valence-electron chi connectivity index (χ4n) is 3.24. The molecular formula is C22H28N2O3Si. The van der Waals surface area contributed by atoms with Crippen molar-refractivity contribution in [2.24, 2.45) is 0 Å². The highest BCUT2D eigenvalue weighted by Crippen LogP contribution is 2.22. The van der Waals surface area contributed by atoms with E-state index in [-0.39, 0.29) is 11.4 Å². The van der Waals surface area contributed by atoms with Crippen LogP contribution in [-0.2, 0) is 12.8 Å². The maximum atomic E-state index is 12.5. The van der Waals surface area contributed by atoms with Crippen molar-refractivity contribution in [3.63, 3.8) is 0 Å². The first kappa shape index (κ1) is 20.3. The summed E-state index contributed by atoms with van der Waals surface area (Å²) < 4.78 is 0. The fraction of sp³-hybridized carbons (Fsp3) is 0.318. The minimum Gasteiger partial charge on any atom is -0.410 e. The topological polar surface area (TPSA) is 85.3 Å². The van der Waals surface area contributed by atoms with Crippen LogP contribution in [0.15, 0.2) is 54.7 Å². The van der Waals surface area contributed by atoms with E-state index in [9.17, 15) is 14.4 Å². The zero-order valence-electron chi connectivity index (χ0n) is 16.4. The molecule has 3 rings (SSSR count). The standard InChI is InChI=1S/C22H28N2O3Si/c1-16(2)28(26,27)13-11-17-6-5-7-18(14-17)22(25)23-12-10-19-15-24-21-9-4-3-8-20(19)21/h3-9,14-16,24,26-27H,10-13H2,1-2H3,(H,23,25). The molecule has 2 aromatic carbocycles. The Hall–Kier alpha value is -2.41. The molecule has 148 valence electrons. The molecule has 0 aliphatic carbocycles. The van der Waals surface area contributed by atoms with Crippen LogP contribution in [0.4, 0.5) is 0 Å². The van der Waals surface area contributed by atoms with E-state index in [4.69, 9.17) is 0 Å². The smallest absolute Gasteiger partial charge is 0.335 e. The van der Waals surface area contributed by atoms with E-state index < -0.39 is 8.56 Å². The van der Waals surface area contributed by atoms with Gasteiger partial charge in [-0.3, -0.25) is 4.79 Å². The van der Waals surface area contributed by atoms with Crippen LogP contribution in [0.1, 0.15) is 35.3 Å². The summed E-state index contributed by atoms with van der Waals surface area (Å²) in [5.41, 5.74) is 3.73. The van der Waals surface area contributed by atoms with Crippen molar-refractivity contribution >= 4 is 25.4 Å². The molecule has 3 aromatic rings. The van der Waals surface area contributed by atoms with E-state index in [1.165, 1.54) is 10.9 Å². The van der Waals surface area contributed by atoms with Gasteiger partial charge in [0.05, 0.1) is 0 Å². The molecule has 0 bridgehead atoms. The number of aromatic amines is 1. The number of fused-ring (bicyclic) bond motifs is 1. The molecule has 0 unspecified atom stereocenters. The van der Waals surface area contributed by atoms with Crippen molar-refractivity contribution in [3.05, 3.63) is 71.4 Å². The number of para-hydroxylation sites is 1. The first-order valence-electron chi connectivity index (χ1n) is 9.73. The van der Waals surface area contributed by atoms with E-state index in [2.05, 4.69) is 16.4 Å². The number of aromatic nitrogens is 1. The fourth-order valence-corrected chi connectivity index (χ4v) is 4.47. The average molecular weight is 397 g/mol. The summed E-state index contributed by atoms with van der Waals surface area (Å²) in [4.78, 5) is 36.0. The van der Waals surface area contributed by atoms with Gasteiger partial charge in [-0.1, -0.05) is 44.2 Å². The van der Waals surface area contributed by atoms with Gasteiger partial charge < -0.3 is 19.9 Å². The third kappa shape index (κ3) is 4.89. The first-order valence-corrected chi connectivity index (χ1v) is 11.9. The highest BCUT2D eigenvalue weighted by molar-refractivity contribution is 6.66. The van der Waals surface area contributed by atoms with E-state index >= 15 is 0 Å². The molecular weight excluding hydrogens is 368 g/mol. The van der Waals surface area contributed by atoms with Gasteiger partial charge in [-0.25, -0.2) is 0 Å². The predicted octanol–water partition coefficient (Wildman–Crippen LogP) is 3.52. The number of nitrogens with one attached hydrogen (secondary N) is 2. The number of H-pyrrole nitrogens is 1. The quantitative estimate of drug-likeness (QED) is 0.440. The highest BCUT2D eigenvalue weighted by atomic mass is 28.4. The van der Waals surface area contributed by atoms with Gasteiger partial charge in [-0.2, -0.15) is 0 Å². The van der Waals surface area contributed by atoms with Crippen LogP contribution >= 0.6 is 0 Å². The molecule has 0 atom stereocenters. The van der Waals surface area contributed by atoms with Crippen LogP contribution in [-0.4, -0.2) is 35.6 Å². The van der Waals surface area contributed by atoms with Crippen molar-refractivity contribution in [3.8, 4) is 0 Å². The molecule has 5 nitrogen and oxygen atoms in total. The lowest BCUT2D eigenvalue weighted by Crippen LogP contribution is -2.38. The Bertz CT molecular complexity index is 950. The maximum absolute atomic E-state index is 12.5. The van der Waals surface area contributed by atoms with Gasteiger partial charge in [0, 0.05) is 29.2 Å². The number of aryl methyl sites for hydroxylation is 1. The van der Waals surface area contributed by atoms with Gasteiger partial charge in [0.15, 0.2) is 0 Å². The Morgan fingerprint density at radius 3 is 2.68 bits per heavy atom. The van der Waals surface area contributed by atoms with Crippen LogP contribution in [0.25, 0.3) is 10.9 Å². The molecule has 0 spiro atoms. The van der Waals surface area contributed by atoms with Crippen molar-refractivity contribution in [1.82, 2.24) is 10.3 Å². The predicted molar refractivity (Wildman–Crippen MR) is 115 cm³/mol. The zero-order chi connectivity index (χ0) is 20.1. The number of amides is 1. The second-order valence-corrected chi connectivity index (χ2v) is 11.0. The van der Waals surface area contributed by atoms with Crippen LogP contribution in [0.3, 0.4) is 0 Å². The van der Waals surface area contributed by atoms with Gasteiger partial charge in [-0.15, -0.1) is 0 Å². The molecule has 1 amide bonds. The minimum atomic E-state index is -3.19. The lowest BCUT2D eigenvalue weighted by atomic mass is 10.1. The molecule has 0 radical (unpaired) electrons. The SMILES string of the molecule is CC(C)[Si](O)(O)CCc1cccc(C(=O)NCCc2c[nH]c3ccccc23)c1. The van der Waals surface area contributed by atoms with Crippen LogP contribution < -0.4 is 5.32 Å².